The Bertz CT molecular complexity index is 366. The van der Waals surface area contributed by atoms with Crippen LogP contribution in [0.4, 0.5) is 0 Å². The molecule has 0 spiro atoms. The fourth-order valence-corrected chi connectivity index (χ4v) is 2.25. The number of hydrogen-bond donors (Lipinski definition) is 1. The summed E-state index contributed by atoms with van der Waals surface area (Å²) in [6.07, 6.45) is 0. The molecule has 0 aromatic heterocycles. The molecule has 0 bridgehead atoms. The van der Waals surface area contributed by atoms with Crippen LogP contribution in [0.3, 0.4) is 0 Å². The molecule has 0 aliphatic carbocycles. The average molecular weight is 239 g/mol. The molecule has 0 unspecified atom stereocenters. The largest absolute Gasteiger partial charge is 0.468 e. The van der Waals surface area contributed by atoms with Crippen LogP contribution in [0.2, 0.25) is 0 Å². The Morgan fingerprint density at radius 1 is 1.50 bits per heavy atom. The smallest absolute Gasteiger partial charge is 0.315 e. The summed E-state index contributed by atoms with van der Waals surface area (Å²) in [4.78, 5) is 12.2. The van der Waals surface area contributed by atoms with Gasteiger partial charge in [0.25, 0.3) is 0 Å². The number of ether oxygens (including phenoxy) is 1. The Labute approximate surface area is 101 Å². The molecule has 0 aliphatic rings. The third-order valence-electron chi connectivity index (χ3n) is 2.16. The highest BCUT2D eigenvalue weighted by Crippen LogP contribution is 2.23. The number of thioether (sulfide) groups is 1. The predicted molar refractivity (Wildman–Crippen MR) is 66.7 cm³/mol. The molecule has 3 nitrogen and oxygen atoms in total. The lowest BCUT2D eigenvalue weighted by molar-refractivity contribution is -0.137. The third kappa shape index (κ3) is 3.87. The maximum absolute atomic E-state index is 11.1. The molecule has 1 aromatic carbocycles. The van der Waals surface area contributed by atoms with Crippen LogP contribution in [0.5, 0.6) is 0 Å². The van der Waals surface area contributed by atoms with Crippen molar-refractivity contribution in [1.29, 1.82) is 0 Å². The van der Waals surface area contributed by atoms with E-state index in [9.17, 15) is 4.79 Å². The van der Waals surface area contributed by atoms with Gasteiger partial charge in [0.05, 0.1) is 12.9 Å². The second-order valence-corrected chi connectivity index (χ2v) is 4.52. The highest BCUT2D eigenvalue weighted by molar-refractivity contribution is 8.00. The van der Waals surface area contributed by atoms with Crippen LogP contribution in [0.1, 0.15) is 11.1 Å². The van der Waals surface area contributed by atoms with Gasteiger partial charge in [-0.2, -0.15) is 0 Å². The molecule has 0 radical (unpaired) electrons. The number of carbonyl (C=O) groups is 1. The summed E-state index contributed by atoms with van der Waals surface area (Å²) in [6, 6.07) is 6.24. The van der Waals surface area contributed by atoms with Crippen molar-refractivity contribution in [2.45, 2.75) is 18.4 Å². The molecule has 0 aliphatic heterocycles. The van der Waals surface area contributed by atoms with E-state index < -0.39 is 0 Å². The Hall–Kier alpha value is -1.00. The zero-order valence-corrected chi connectivity index (χ0v) is 10.7. The van der Waals surface area contributed by atoms with Gasteiger partial charge in [-0.05, 0) is 25.6 Å². The van der Waals surface area contributed by atoms with Crippen molar-refractivity contribution in [2.24, 2.45) is 0 Å². The maximum Gasteiger partial charge on any atom is 0.315 e. The zero-order chi connectivity index (χ0) is 12.0. The Morgan fingerprint density at radius 3 is 2.88 bits per heavy atom. The van der Waals surface area contributed by atoms with E-state index in [4.69, 9.17) is 0 Å². The quantitative estimate of drug-likeness (QED) is 0.630. The Morgan fingerprint density at radius 2 is 2.25 bits per heavy atom. The molecule has 1 aromatic rings. The van der Waals surface area contributed by atoms with Gasteiger partial charge in [0.15, 0.2) is 0 Å². The van der Waals surface area contributed by atoms with Gasteiger partial charge in [-0.3, -0.25) is 4.79 Å². The number of aryl methyl sites for hydroxylation is 1. The second-order valence-electron chi connectivity index (χ2n) is 3.51. The summed E-state index contributed by atoms with van der Waals surface area (Å²) in [5.41, 5.74) is 2.45. The molecule has 0 saturated carbocycles. The van der Waals surface area contributed by atoms with Crippen LogP contribution < -0.4 is 5.32 Å². The van der Waals surface area contributed by atoms with Gasteiger partial charge in [-0.25, -0.2) is 0 Å². The summed E-state index contributed by atoms with van der Waals surface area (Å²) in [7, 11) is 3.32. The number of esters is 1. The molecule has 16 heavy (non-hydrogen) atoms. The summed E-state index contributed by atoms with van der Waals surface area (Å²) in [5, 5.41) is 3.12. The highest BCUT2D eigenvalue weighted by Gasteiger charge is 2.06. The van der Waals surface area contributed by atoms with Gasteiger partial charge in [-0.15, -0.1) is 11.8 Å². The van der Waals surface area contributed by atoms with E-state index in [1.165, 1.54) is 30.0 Å². The van der Waals surface area contributed by atoms with E-state index in [2.05, 4.69) is 35.2 Å². The van der Waals surface area contributed by atoms with Crippen molar-refractivity contribution in [3.63, 3.8) is 0 Å². The molecule has 1 rings (SSSR count). The zero-order valence-electron chi connectivity index (χ0n) is 9.87. The van der Waals surface area contributed by atoms with Crippen molar-refractivity contribution in [2.75, 3.05) is 19.9 Å². The van der Waals surface area contributed by atoms with Gasteiger partial charge < -0.3 is 10.1 Å². The van der Waals surface area contributed by atoms with Gasteiger partial charge in [0, 0.05) is 11.4 Å². The first-order valence-corrected chi connectivity index (χ1v) is 6.09. The van der Waals surface area contributed by atoms with Crippen LogP contribution in [-0.4, -0.2) is 25.9 Å². The van der Waals surface area contributed by atoms with E-state index in [1.807, 2.05) is 7.05 Å². The van der Waals surface area contributed by atoms with E-state index in [-0.39, 0.29) is 5.97 Å². The molecule has 0 saturated heterocycles. The number of methoxy groups -OCH3 is 1. The standard InChI is InChI=1S/C12H17NO2S/c1-9-4-5-11(10(6-9)7-13-2)16-8-12(14)15-3/h4-6,13H,7-8H2,1-3H3. The molecular formula is C12H17NO2S. The normalized spacial score (nSPS) is 10.2. The second kappa shape index (κ2) is 6.55. The third-order valence-corrected chi connectivity index (χ3v) is 3.25. The summed E-state index contributed by atoms with van der Waals surface area (Å²) < 4.78 is 4.62. The SMILES string of the molecule is CNCc1cc(C)ccc1SCC(=O)OC. The average Bonchev–Trinajstić information content (AvgIpc) is 2.28. The molecule has 4 heteroatoms. The lowest BCUT2D eigenvalue weighted by atomic mass is 10.1. The fourth-order valence-electron chi connectivity index (χ4n) is 1.37. The molecular weight excluding hydrogens is 222 g/mol. The lowest BCUT2D eigenvalue weighted by Crippen LogP contribution is -2.08. The number of carbonyl (C=O) groups excluding carboxylic acids is 1. The van der Waals surface area contributed by atoms with Crippen molar-refractivity contribution in [3.05, 3.63) is 29.3 Å². The van der Waals surface area contributed by atoms with Crippen molar-refractivity contribution >= 4 is 17.7 Å². The first-order chi connectivity index (χ1) is 7.67. The van der Waals surface area contributed by atoms with Gasteiger partial charge in [-0.1, -0.05) is 17.7 Å². The molecule has 0 amide bonds. The number of hydrogen-bond acceptors (Lipinski definition) is 4. The van der Waals surface area contributed by atoms with Crippen molar-refractivity contribution < 1.29 is 9.53 Å². The molecule has 88 valence electrons. The van der Waals surface area contributed by atoms with Crippen LogP contribution in [0.15, 0.2) is 23.1 Å². The first kappa shape index (κ1) is 13.1. The molecule has 0 atom stereocenters. The minimum absolute atomic E-state index is 0.194. The monoisotopic (exact) mass is 239 g/mol. The summed E-state index contributed by atoms with van der Waals surface area (Å²) >= 11 is 1.51. The van der Waals surface area contributed by atoms with Crippen LogP contribution in [0.25, 0.3) is 0 Å². The molecule has 1 N–H and O–H groups in total. The number of rotatable bonds is 5. The minimum atomic E-state index is -0.194. The van der Waals surface area contributed by atoms with E-state index in [1.54, 1.807) is 0 Å². The summed E-state index contributed by atoms with van der Waals surface area (Å²) in [5.74, 6) is 0.164. The van der Waals surface area contributed by atoms with E-state index >= 15 is 0 Å². The maximum atomic E-state index is 11.1. The first-order valence-electron chi connectivity index (χ1n) is 5.11. The minimum Gasteiger partial charge on any atom is -0.468 e. The van der Waals surface area contributed by atoms with Crippen LogP contribution in [0, 0.1) is 6.92 Å². The van der Waals surface area contributed by atoms with Gasteiger partial charge in [0.1, 0.15) is 0 Å². The molecule has 0 heterocycles. The van der Waals surface area contributed by atoms with Crippen molar-refractivity contribution in [1.82, 2.24) is 5.32 Å². The molecule has 0 fully saturated rings. The topological polar surface area (TPSA) is 38.3 Å². The Kier molecular flexibility index (Phi) is 5.35. The van der Waals surface area contributed by atoms with Crippen molar-refractivity contribution in [3.8, 4) is 0 Å². The van der Waals surface area contributed by atoms with Crippen LogP contribution >= 0.6 is 11.8 Å². The van der Waals surface area contributed by atoms with Gasteiger partial charge >= 0.3 is 5.97 Å². The lowest BCUT2D eigenvalue weighted by Gasteiger charge is -2.09. The number of nitrogens with one attached hydrogen (secondary N) is 1. The van der Waals surface area contributed by atoms with E-state index in [0.717, 1.165) is 11.4 Å². The fraction of sp³-hybridized carbons (Fsp3) is 0.417. The summed E-state index contributed by atoms with van der Waals surface area (Å²) in [6.45, 7) is 2.87. The highest BCUT2D eigenvalue weighted by atomic mass is 32.2. The predicted octanol–water partition coefficient (Wildman–Crippen LogP) is 1.98. The van der Waals surface area contributed by atoms with Gasteiger partial charge in [0.2, 0.25) is 0 Å². The number of benzene rings is 1. The Balaban J connectivity index is 2.73. The van der Waals surface area contributed by atoms with E-state index in [0.29, 0.717) is 5.75 Å². The van der Waals surface area contributed by atoms with Crippen LogP contribution in [-0.2, 0) is 16.1 Å².